The Morgan fingerprint density at radius 1 is 1.14 bits per heavy atom. The van der Waals surface area contributed by atoms with E-state index in [1.807, 2.05) is 31.2 Å². The lowest BCUT2D eigenvalue weighted by molar-refractivity contribution is -0.126. The van der Waals surface area contributed by atoms with E-state index in [1.54, 1.807) is 37.4 Å². The number of hydrogen-bond acceptors (Lipinski definition) is 4. The Hall–Kier alpha value is -2.38. The number of ether oxygens (including phenoxy) is 1. The van der Waals surface area contributed by atoms with Crippen molar-refractivity contribution in [2.45, 2.75) is 30.7 Å². The van der Waals surface area contributed by atoms with Crippen LogP contribution in [0.15, 0.2) is 59.5 Å². The second kappa shape index (κ2) is 8.75. The lowest BCUT2D eigenvalue weighted by Crippen LogP contribution is -2.45. The largest absolute Gasteiger partial charge is 0.497 e. The quantitative estimate of drug-likeness (QED) is 0.806. The minimum absolute atomic E-state index is 0.115. The summed E-state index contributed by atoms with van der Waals surface area (Å²) >= 11 is 0. The van der Waals surface area contributed by atoms with Crippen LogP contribution in [0.1, 0.15) is 31.4 Å². The summed E-state index contributed by atoms with van der Waals surface area (Å²) in [4.78, 5) is 13.0. The van der Waals surface area contributed by atoms with Gasteiger partial charge in [-0.15, -0.1) is 0 Å². The molecule has 6 nitrogen and oxygen atoms in total. The molecular weight excluding hydrogens is 376 g/mol. The average molecular weight is 403 g/mol. The van der Waals surface area contributed by atoms with E-state index in [1.165, 1.54) is 4.31 Å². The molecule has 1 N–H and O–H groups in total. The van der Waals surface area contributed by atoms with Gasteiger partial charge in [-0.2, -0.15) is 4.31 Å². The number of hydrogen-bond donors (Lipinski definition) is 1. The molecule has 0 aliphatic carbocycles. The van der Waals surface area contributed by atoms with Crippen molar-refractivity contribution in [1.82, 2.24) is 9.62 Å². The van der Waals surface area contributed by atoms with Gasteiger partial charge in [0.1, 0.15) is 5.75 Å². The highest BCUT2D eigenvalue weighted by Gasteiger charge is 2.33. The van der Waals surface area contributed by atoms with Crippen LogP contribution in [0.25, 0.3) is 0 Å². The standard InChI is InChI=1S/C21H26N2O4S/c1-16(17-10-12-19(27-2)13-11-17)22-21(24)18-7-6-14-23(15-18)28(25,26)20-8-4-3-5-9-20/h3-5,8-13,16,18H,6-7,14-15H2,1-2H3,(H,22,24)/t16-,18-/m0/s1. The van der Waals surface area contributed by atoms with E-state index < -0.39 is 10.0 Å². The third kappa shape index (κ3) is 4.54. The molecular formula is C21H26N2O4S. The van der Waals surface area contributed by atoms with Gasteiger partial charge in [-0.05, 0) is 49.6 Å². The normalized spacial score (nSPS) is 19.0. The minimum Gasteiger partial charge on any atom is -0.497 e. The first-order chi connectivity index (χ1) is 13.4. The van der Waals surface area contributed by atoms with Gasteiger partial charge in [0, 0.05) is 13.1 Å². The van der Waals surface area contributed by atoms with Gasteiger partial charge >= 0.3 is 0 Å². The van der Waals surface area contributed by atoms with Crippen LogP contribution in [0, 0.1) is 5.92 Å². The van der Waals surface area contributed by atoms with Crippen LogP contribution in [-0.2, 0) is 14.8 Å². The number of sulfonamides is 1. The van der Waals surface area contributed by atoms with Crippen LogP contribution >= 0.6 is 0 Å². The van der Waals surface area contributed by atoms with Crippen molar-refractivity contribution >= 4 is 15.9 Å². The molecule has 2 atom stereocenters. The van der Waals surface area contributed by atoms with Crippen LogP contribution in [0.3, 0.4) is 0 Å². The number of benzene rings is 2. The van der Waals surface area contributed by atoms with Crippen molar-refractivity contribution in [2.75, 3.05) is 20.2 Å². The number of methoxy groups -OCH3 is 1. The molecule has 2 aromatic carbocycles. The van der Waals surface area contributed by atoms with E-state index in [-0.39, 0.29) is 29.3 Å². The highest BCUT2D eigenvalue weighted by molar-refractivity contribution is 7.89. The molecule has 1 heterocycles. The Morgan fingerprint density at radius 2 is 1.82 bits per heavy atom. The molecule has 0 spiro atoms. The molecule has 3 rings (SSSR count). The van der Waals surface area contributed by atoms with E-state index in [2.05, 4.69) is 5.32 Å². The Balaban J connectivity index is 1.65. The molecule has 0 saturated carbocycles. The Labute approximate surface area is 166 Å². The van der Waals surface area contributed by atoms with Gasteiger partial charge in [0.15, 0.2) is 0 Å². The summed E-state index contributed by atoms with van der Waals surface area (Å²) in [5.74, 6) is 0.292. The van der Waals surface area contributed by atoms with Gasteiger partial charge < -0.3 is 10.1 Å². The first-order valence-electron chi connectivity index (χ1n) is 9.41. The van der Waals surface area contributed by atoms with Gasteiger partial charge in [-0.1, -0.05) is 30.3 Å². The van der Waals surface area contributed by atoms with Crippen molar-refractivity contribution in [3.63, 3.8) is 0 Å². The first-order valence-corrected chi connectivity index (χ1v) is 10.9. The summed E-state index contributed by atoms with van der Waals surface area (Å²) < 4.78 is 32.3. The summed E-state index contributed by atoms with van der Waals surface area (Å²) in [5, 5.41) is 3.01. The van der Waals surface area contributed by atoms with E-state index >= 15 is 0 Å². The van der Waals surface area contributed by atoms with Gasteiger partial charge in [0.05, 0.1) is 24.0 Å². The smallest absolute Gasteiger partial charge is 0.243 e. The zero-order chi connectivity index (χ0) is 20.1. The van der Waals surface area contributed by atoms with Crippen molar-refractivity contribution in [2.24, 2.45) is 5.92 Å². The first kappa shape index (κ1) is 20.4. The van der Waals surface area contributed by atoms with Gasteiger partial charge in [-0.25, -0.2) is 8.42 Å². The van der Waals surface area contributed by atoms with E-state index in [9.17, 15) is 13.2 Å². The van der Waals surface area contributed by atoms with E-state index in [4.69, 9.17) is 4.74 Å². The number of amides is 1. The maximum Gasteiger partial charge on any atom is 0.243 e. The highest BCUT2D eigenvalue weighted by atomic mass is 32.2. The molecule has 1 saturated heterocycles. The number of nitrogens with zero attached hydrogens (tertiary/aromatic N) is 1. The van der Waals surface area contributed by atoms with Crippen molar-refractivity contribution in [3.8, 4) is 5.75 Å². The summed E-state index contributed by atoms with van der Waals surface area (Å²) in [6.07, 6.45) is 1.35. The summed E-state index contributed by atoms with van der Waals surface area (Å²) in [6, 6.07) is 15.7. The van der Waals surface area contributed by atoms with Crippen LogP contribution in [-0.4, -0.2) is 38.8 Å². The predicted octanol–water partition coefficient (Wildman–Crippen LogP) is 2.97. The van der Waals surface area contributed by atoms with Crippen molar-refractivity contribution in [3.05, 3.63) is 60.2 Å². The highest BCUT2D eigenvalue weighted by Crippen LogP contribution is 2.25. The van der Waals surface area contributed by atoms with Crippen LogP contribution < -0.4 is 10.1 Å². The Morgan fingerprint density at radius 3 is 2.46 bits per heavy atom. The molecule has 2 aromatic rings. The number of piperidine rings is 1. The number of rotatable bonds is 6. The third-order valence-corrected chi connectivity index (χ3v) is 6.99. The number of nitrogens with one attached hydrogen (secondary N) is 1. The maximum atomic E-state index is 12.8. The molecule has 150 valence electrons. The fraction of sp³-hybridized carbons (Fsp3) is 0.381. The molecule has 1 aliphatic heterocycles. The minimum atomic E-state index is -3.58. The summed E-state index contributed by atoms with van der Waals surface area (Å²) in [6.45, 7) is 2.56. The maximum absolute atomic E-state index is 12.8. The van der Waals surface area contributed by atoms with Crippen LogP contribution in [0.5, 0.6) is 5.75 Å². The van der Waals surface area contributed by atoms with Crippen molar-refractivity contribution in [1.29, 1.82) is 0 Å². The SMILES string of the molecule is COc1ccc([C@H](C)NC(=O)[C@H]2CCCN(S(=O)(=O)c3ccccc3)C2)cc1. The lowest BCUT2D eigenvalue weighted by atomic mass is 9.98. The predicted molar refractivity (Wildman–Crippen MR) is 107 cm³/mol. The molecule has 1 aliphatic rings. The van der Waals surface area contributed by atoms with Crippen LogP contribution in [0.4, 0.5) is 0 Å². The zero-order valence-electron chi connectivity index (χ0n) is 16.2. The van der Waals surface area contributed by atoms with Gasteiger partial charge in [0.2, 0.25) is 15.9 Å². The third-order valence-electron chi connectivity index (χ3n) is 5.11. The fourth-order valence-electron chi connectivity index (χ4n) is 3.42. The van der Waals surface area contributed by atoms with Gasteiger partial charge in [-0.3, -0.25) is 4.79 Å². The summed E-state index contributed by atoms with van der Waals surface area (Å²) in [5.41, 5.74) is 0.971. The van der Waals surface area contributed by atoms with Crippen molar-refractivity contribution < 1.29 is 17.9 Å². The molecule has 0 radical (unpaired) electrons. The summed E-state index contributed by atoms with van der Waals surface area (Å²) in [7, 11) is -1.97. The molecule has 0 aromatic heterocycles. The van der Waals surface area contributed by atoms with Gasteiger partial charge in [0.25, 0.3) is 0 Å². The fourth-order valence-corrected chi connectivity index (χ4v) is 4.97. The topological polar surface area (TPSA) is 75.7 Å². The average Bonchev–Trinajstić information content (AvgIpc) is 2.74. The number of carbonyl (C=O) groups excluding carboxylic acids is 1. The zero-order valence-corrected chi connectivity index (χ0v) is 17.0. The molecule has 0 bridgehead atoms. The monoisotopic (exact) mass is 402 g/mol. The number of carbonyl (C=O) groups is 1. The van der Waals surface area contributed by atoms with E-state index in [0.29, 0.717) is 19.4 Å². The van der Waals surface area contributed by atoms with E-state index in [0.717, 1.165) is 11.3 Å². The Bertz CT molecular complexity index is 898. The molecule has 7 heteroatoms. The lowest BCUT2D eigenvalue weighted by Gasteiger charge is -2.32. The molecule has 1 amide bonds. The molecule has 28 heavy (non-hydrogen) atoms. The molecule has 0 unspecified atom stereocenters. The molecule has 1 fully saturated rings. The second-order valence-electron chi connectivity index (χ2n) is 7.02. The Kier molecular flexibility index (Phi) is 6.36. The second-order valence-corrected chi connectivity index (χ2v) is 8.96. The van der Waals surface area contributed by atoms with Crippen LogP contribution in [0.2, 0.25) is 0 Å².